The highest BCUT2D eigenvalue weighted by atomic mass is 19.1. The topological polar surface area (TPSA) is 35.5 Å². The van der Waals surface area contributed by atoms with Gasteiger partial charge in [-0.05, 0) is 53.6 Å². The van der Waals surface area contributed by atoms with Crippen LogP contribution in [0.4, 0.5) is 17.6 Å². The average Bonchev–Trinajstić information content (AvgIpc) is 2.86. The molecule has 0 aromatic heterocycles. The molecule has 4 aromatic carbocycles. The predicted octanol–water partition coefficient (Wildman–Crippen LogP) is 7.87. The third-order valence-electron chi connectivity index (χ3n) is 5.92. The van der Waals surface area contributed by atoms with Crippen molar-refractivity contribution in [2.24, 2.45) is 0 Å². The van der Waals surface area contributed by atoms with Crippen LogP contribution in [0.5, 0.6) is 11.5 Å². The maximum Gasteiger partial charge on any atom is 0.349 e. The minimum Gasteiger partial charge on any atom is -0.488 e. The lowest BCUT2D eigenvalue weighted by atomic mass is 9.93. The predicted molar refractivity (Wildman–Crippen MR) is 133 cm³/mol. The monoisotopic (exact) mass is 508 g/mol. The van der Waals surface area contributed by atoms with Crippen molar-refractivity contribution in [1.29, 1.82) is 0 Å². The SMILES string of the molecule is CCOc1c(F)cc(OC(=O)c2c(F)cc(-c3ccc(C[C@H](C)c4ccccc4)cc3)cc2F)cc1F. The summed E-state index contributed by atoms with van der Waals surface area (Å²) in [5.74, 6) is -6.84. The molecule has 0 aliphatic heterocycles. The van der Waals surface area contributed by atoms with Crippen LogP contribution in [0.1, 0.15) is 41.3 Å². The fourth-order valence-electron chi connectivity index (χ4n) is 4.06. The Morgan fingerprint density at radius 3 is 1.95 bits per heavy atom. The number of halogens is 4. The van der Waals surface area contributed by atoms with Crippen LogP contribution in [0.2, 0.25) is 0 Å². The highest BCUT2D eigenvalue weighted by Crippen LogP contribution is 2.30. The molecule has 0 fully saturated rings. The maximum absolute atomic E-state index is 14.8. The van der Waals surface area contributed by atoms with E-state index in [1.165, 1.54) is 5.56 Å². The number of rotatable bonds is 8. The first-order chi connectivity index (χ1) is 17.8. The van der Waals surface area contributed by atoms with Crippen LogP contribution in [0, 0.1) is 23.3 Å². The van der Waals surface area contributed by atoms with E-state index in [4.69, 9.17) is 9.47 Å². The second-order valence-corrected chi connectivity index (χ2v) is 8.57. The van der Waals surface area contributed by atoms with E-state index < -0.39 is 46.3 Å². The van der Waals surface area contributed by atoms with E-state index in [0.29, 0.717) is 23.6 Å². The zero-order valence-corrected chi connectivity index (χ0v) is 20.2. The number of carbonyl (C=O) groups excluding carboxylic acids is 1. The molecular weight excluding hydrogens is 484 g/mol. The van der Waals surface area contributed by atoms with Crippen LogP contribution in [0.25, 0.3) is 11.1 Å². The van der Waals surface area contributed by atoms with Gasteiger partial charge in [0.1, 0.15) is 22.9 Å². The number of hydrogen-bond donors (Lipinski definition) is 0. The van der Waals surface area contributed by atoms with Gasteiger partial charge in [-0.2, -0.15) is 0 Å². The van der Waals surface area contributed by atoms with Gasteiger partial charge in [0.25, 0.3) is 0 Å². The van der Waals surface area contributed by atoms with Crippen LogP contribution < -0.4 is 9.47 Å². The van der Waals surface area contributed by atoms with Crippen molar-refractivity contribution < 1.29 is 31.8 Å². The molecular formula is C30H24F4O3. The van der Waals surface area contributed by atoms with Crippen molar-refractivity contribution in [2.75, 3.05) is 6.61 Å². The summed E-state index contributed by atoms with van der Waals surface area (Å²) in [4.78, 5) is 12.4. The summed E-state index contributed by atoms with van der Waals surface area (Å²) in [5.41, 5.74) is 2.11. The van der Waals surface area contributed by atoms with Gasteiger partial charge in [-0.25, -0.2) is 22.4 Å². The molecule has 0 aliphatic rings. The average molecular weight is 509 g/mol. The van der Waals surface area contributed by atoms with Gasteiger partial charge in [-0.15, -0.1) is 0 Å². The second-order valence-electron chi connectivity index (χ2n) is 8.57. The molecule has 190 valence electrons. The summed E-state index contributed by atoms with van der Waals surface area (Å²) in [6.07, 6.45) is 0.796. The number of hydrogen-bond acceptors (Lipinski definition) is 3. The van der Waals surface area contributed by atoms with Crippen molar-refractivity contribution in [3.05, 3.63) is 119 Å². The smallest absolute Gasteiger partial charge is 0.349 e. The van der Waals surface area contributed by atoms with Crippen LogP contribution in [-0.4, -0.2) is 12.6 Å². The van der Waals surface area contributed by atoms with Crippen molar-refractivity contribution in [3.63, 3.8) is 0 Å². The Kier molecular flexibility index (Phi) is 7.92. The Balaban J connectivity index is 1.50. The van der Waals surface area contributed by atoms with Crippen LogP contribution in [0.15, 0.2) is 78.9 Å². The van der Waals surface area contributed by atoms with Gasteiger partial charge >= 0.3 is 5.97 Å². The van der Waals surface area contributed by atoms with E-state index in [-0.39, 0.29) is 12.2 Å². The first-order valence-electron chi connectivity index (χ1n) is 11.7. The van der Waals surface area contributed by atoms with E-state index in [1.807, 2.05) is 30.3 Å². The first-order valence-corrected chi connectivity index (χ1v) is 11.7. The van der Waals surface area contributed by atoms with E-state index in [9.17, 15) is 22.4 Å². The van der Waals surface area contributed by atoms with Crippen molar-refractivity contribution in [1.82, 2.24) is 0 Å². The fourth-order valence-corrected chi connectivity index (χ4v) is 4.06. The molecule has 0 heterocycles. The van der Waals surface area contributed by atoms with Crippen LogP contribution in [0.3, 0.4) is 0 Å². The van der Waals surface area contributed by atoms with E-state index in [1.54, 1.807) is 19.1 Å². The molecule has 0 amide bonds. The van der Waals surface area contributed by atoms with Crippen molar-refractivity contribution in [3.8, 4) is 22.6 Å². The summed E-state index contributed by atoms with van der Waals surface area (Å²) >= 11 is 0. The van der Waals surface area contributed by atoms with Crippen molar-refractivity contribution in [2.45, 2.75) is 26.2 Å². The standard InChI is InChI=1S/C30H24F4O3/c1-3-36-29-26(33)16-23(17-27(29)34)37-30(35)28-24(31)14-22(15-25(28)32)21-11-9-19(10-12-21)13-18(2)20-7-5-4-6-8-20/h4-12,14-18H,3,13H2,1-2H3/t18-/m0/s1. The van der Waals surface area contributed by atoms with E-state index in [2.05, 4.69) is 19.1 Å². The molecule has 0 saturated heterocycles. The summed E-state index contributed by atoms with van der Waals surface area (Å²) in [6.45, 7) is 3.69. The molecule has 0 radical (unpaired) electrons. The third kappa shape index (κ3) is 6.00. The van der Waals surface area contributed by atoms with Gasteiger partial charge < -0.3 is 9.47 Å². The quantitative estimate of drug-likeness (QED) is 0.138. The lowest BCUT2D eigenvalue weighted by molar-refractivity contribution is 0.0723. The molecule has 0 bridgehead atoms. The van der Waals surface area contributed by atoms with E-state index in [0.717, 1.165) is 24.1 Å². The number of benzene rings is 4. The Bertz CT molecular complexity index is 1360. The van der Waals surface area contributed by atoms with Gasteiger partial charge in [0.2, 0.25) is 0 Å². The molecule has 3 nitrogen and oxygen atoms in total. The lowest BCUT2D eigenvalue weighted by Gasteiger charge is -2.13. The van der Waals surface area contributed by atoms with Gasteiger partial charge in [0.15, 0.2) is 17.4 Å². The van der Waals surface area contributed by atoms with Gasteiger partial charge in [-0.3, -0.25) is 0 Å². The van der Waals surface area contributed by atoms with Crippen LogP contribution >= 0.6 is 0 Å². The van der Waals surface area contributed by atoms with Crippen molar-refractivity contribution >= 4 is 5.97 Å². The number of carbonyl (C=O) groups is 1. The largest absolute Gasteiger partial charge is 0.488 e. The molecule has 0 N–H and O–H groups in total. The third-order valence-corrected chi connectivity index (χ3v) is 5.92. The molecule has 0 unspecified atom stereocenters. The molecule has 7 heteroatoms. The Morgan fingerprint density at radius 2 is 1.38 bits per heavy atom. The molecule has 37 heavy (non-hydrogen) atoms. The zero-order chi connectivity index (χ0) is 26.5. The van der Waals surface area contributed by atoms with Gasteiger partial charge in [0, 0.05) is 12.1 Å². The fraction of sp³-hybridized carbons (Fsp3) is 0.167. The lowest BCUT2D eigenvalue weighted by Crippen LogP contribution is -2.14. The molecule has 0 saturated carbocycles. The summed E-state index contributed by atoms with van der Waals surface area (Å²) in [6, 6.07) is 20.8. The Hall–Kier alpha value is -4.13. The zero-order valence-electron chi connectivity index (χ0n) is 20.2. The first kappa shape index (κ1) is 25.9. The van der Waals surface area contributed by atoms with E-state index >= 15 is 0 Å². The summed E-state index contributed by atoms with van der Waals surface area (Å²) < 4.78 is 67.3. The van der Waals surface area contributed by atoms with Gasteiger partial charge in [0.05, 0.1) is 6.61 Å². The maximum atomic E-state index is 14.8. The number of esters is 1. The highest BCUT2D eigenvalue weighted by Gasteiger charge is 2.23. The van der Waals surface area contributed by atoms with Gasteiger partial charge in [-0.1, -0.05) is 61.5 Å². The Morgan fingerprint density at radius 1 is 0.784 bits per heavy atom. The minimum atomic E-state index is -1.42. The normalized spacial score (nSPS) is 11.7. The molecule has 0 spiro atoms. The summed E-state index contributed by atoms with van der Waals surface area (Å²) in [5, 5.41) is 0. The molecule has 1 atom stereocenters. The van der Waals surface area contributed by atoms with Crippen LogP contribution in [-0.2, 0) is 6.42 Å². The minimum absolute atomic E-state index is 0.0191. The Labute approximate surface area is 212 Å². The second kappa shape index (κ2) is 11.3. The molecule has 4 rings (SSSR count). The summed E-state index contributed by atoms with van der Waals surface area (Å²) in [7, 11) is 0. The number of ether oxygens (including phenoxy) is 2. The molecule has 4 aromatic rings. The highest BCUT2D eigenvalue weighted by molar-refractivity contribution is 5.92. The molecule has 0 aliphatic carbocycles.